The summed E-state index contributed by atoms with van der Waals surface area (Å²) in [5, 5.41) is 11.2. The van der Waals surface area contributed by atoms with Crippen molar-refractivity contribution in [1.29, 1.82) is 0 Å². The molecule has 3 nitrogen and oxygen atoms in total. The molecule has 0 aromatic carbocycles. The van der Waals surface area contributed by atoms with Crippen LogP contribution >= 0.6 is 22.2 Å². The number of rotatable bonds is 1. The highest BCUT2D eigenvalue weighted by molar-refractivity contribution is 8.28. The van der Waals surface area contributed by atoms with E-state index < -0.39 is 10.9 Å². The average molecular weight is 198 g/mol. The summed E-state index contributed by atoms with van der Waals surface area (Å²) in [6.07, 6.45) is 8.04. The van der Waals surface area contributed by atoms with Crippen LogP contribution < -0.4 is 5.73 Å². The number of hydrogen-bond donors (Lipinski definition) is 2. The monoisotopic (exact) mass is 198 g/mol. The molecule has 0 amide bonds. The Morgan fingerprint density at radius 1 is 1.50 bits per heavy atom. The molecule has 1 aliphatic rings. The molecule has 5 heteroatoms. The Hall–Kier alpha value is -0.810. The van der Waals surface area contributed by atoms with Crippen LogP contribution in [-0.2, 0) is 0 Å². The molecule has 0 spiro atoms. The van der Waals surface area contributed by atoms with Gasteiger partial charge in [0.25, 0.3) is 0 Å². The van der Waals surface area contributed by atoms with E-state index in [1.807, 2.05) is 12.2 Å². The highest BCUT2D eigenvalue weighted by Gasteiger charge is 2.12. The number of aromatic nitrogens is 2. The molecular formula is C7H8N3S2. The van der Waals surface area contributed by atoms with Gasteiger partial charge in [-0.25, -0.2) is 10.9 Å². The van der Waals surface area contributed by atoms with Gasteiger partial charge in [-0.05, 0) is 17.7 Å². The summed E-state index contributed by atoms with van der Waals surface area (Å²) in [7, 11) is -0.408. The fourth-order valence-corrected chi connectivity index (χ4v) is 2.99. The van der Waals surface area contributed by atoms with Crippen LogP contribution in [0.4, 0.5) is 5.13 Å². The zero-order valence-electron chi connectivity index (χ0n) is 6.27. The molecule has 12 heavy (non-hydrogen) atoms. The van der Waals surface area contributed by atoms with Crippen LogP contribution in [0.2, 0.25) is 0 Å². The van der Waals surface area contributed by atoms with Gasteiger partial charge in [-0.2, -0.15) is 0 Å². The fraction of sp³-hybridized carbons (Fsp3) is 0. The van der Waals surface area contributed by atoms with E-state index >= 15 is 0 Å². The first-order chi connectivity index (χ1) is 5.77. The Labute approximate surface area is 77.4 Å². The minimum Gasteiger partial charge on any atom is -0.374 e. The lowest BCUT2D eigenvalue weighted by molar-refractivity contribution is 1.09. The third-order valence-electron chi connectivity index (χ3n) is 1.49. The van der Waals surface area contributed by atoms with E-state index in [0.717, 1.165) is 5.01 Å². The van der Waals surface area contributed by atoms with Crippen LogP contribution in [0.25, 0.3) is 4.91 Å². The minimum atomic E-state index is -0.408. The molecule has 0 aliphatic carbocycles. The highest BCUT2D eigenvalue weighted by Crippen LogP contribution is 2.46. The van der Waals surface area contributed by atoms with Crippen LogP contribution in [0.15, 0.2) is 17.6 Å². The summed E-state index contributed by atoms with van der Waals surface area (Å²) >= 11 is 1.41. The predicted molar refractivity (Wildman–Crippen MR) is 55.8 cm³/mol. The lowest BCUT2D eigenvalue weighted by atomic mass is 10.5. The maximum atomic E-state index is 5.48. The molecule has 2 heterocycles. The number of hydrogen-bond acceptors (Lipinski definition) is 4. The third-order valence-corrected chi connectivity index (χ3v) is 3.94. The lowest BCUT2D eigenvalue weighted by Crippen LogP contribution is -1.80. The van der Waals surface area contributed by atoms with Crippen molar-refractivity contribution >= 4 is 32.3 Å². The van der Waals surface area contributed by atoms with E-state index in [0.29, 0.717) is 5.13 Å². The normalized spacial score (nSPS) is 24.4. The van der Waals surface area contributed by atoms with Crippen molar-refractivity contribution in [2.45, 2.75) is 0 Å². The number of anilines is 1. The van der Waals surface area contributed by atoms with Gasteiger partial charge in [0.15, 0.2) is 5.01 Å². The lowest BCUT2D eigenvalue weighted by Gasteiger charge is -2.06. The molecule has 1 aliphatic heterocycles. The summed E-state index contributed by atoms with van der Waals surface area (Å²) in [6, 6.07) is 0. The van der Waals surface area contributed by atoms with Gasteiger partial charge in [0.1, 0.15) is 0 Å². The van der Waals surface area contributed by atoms with Crippen molar-refractivity contribution in [2.24, 2.45) is 0 Å². The van der Waals surface area contributed by atoms with Crippen molar-refractivity contribution in [2.75, 3.05) is 5.73 Å². The number of nitrogens with zero attached hydrogens (tertiary/aromatic N) is 2. The number of nitrogens with two attached hydrogens (primary N) is 1. The second kappa shape index (κ2) is 2.91. The molecule has 63 valence electrons. The van der Waals surface area contributed by atoms with Gasteiger partial charge in [-0.3, -0.25) is 0 Å². The minimum absolute atomic E-state index is 0.408. The Balaban J connectivity index is 2.33. The number of thiol groups is 1. The van der Waals surface area contributed by atoms with E-state index in [1.165, 1.54) is 16.2 Å². The fourth-order valence-electron chi connectivity index (χ4n) is 0.946. The molecule has 1 aromatic heterocycles. The first-order valence-corrected chi connectivity index (χ1v) is 5.76. The van der Waals surface area contributed by atoms with Gasteiger partial charge in [-0.15, -0.1) is 10.2 Å². The molecule has 1 radical (unpaired) electrons. The summed E-state index contributed by atoms with van der Waals surface area (Å²) < 4.78 is 0. The first-order valence-electron chi connectivity index (χ1n) is 3.35. The second-order valence-electron chi connectivity index (χ2n) is 2.31. The molecule has 1 aromatic rings. The number of allylic oxidation sites excluding steroid dienone is 2. The predicted octanol–water partition coefficient (Wildman–Crippen LogP) is 1.78. The van der Waals surface area contributed by atoms with Gasteiger partial charge in [-0.1, -0.05) is 17.4 Å². The second-order valence-corrected chi connectivity index (χ2v) is 5.04. The van der Waals surface area contributed by atoms with Crippen molar-refractivity contribution < 1.29 is 0 Å². The maximum Gasteiger partial charge on any atom is 0.203 e. The van der Waals surface area contributed by atoms with Crippen LogP contribution in [0.1, 0.15) is 5.01 Å². The van der Waals surface area contributed by atoms with Gasteiger partial charge >= 0.3 is 0 Å². The van der Waals surface area contributed by atoms with Crippen molar-refractivity contribution in [3.63, 3.8) is 0 Å². The third kappa shape index (κ3) is 1.25. The Bertz CT molecular complexity index is 353. The van der Waals surface area contributed by atoms with Gasteiger partial charge in [0, 0.05) is 4.91 Å². The van der Waals surface area contributed by atoms with E-state index in [9.17, 15) is 0 Å². The largest absolute Gasteiger partial charge is 0.374 e. The van der Waals surface area contributed by atoms with E-state index in [4.69, 9.17) is 5.73 Å². The van der Waals surface area contributed by atoms with Gasteiger partial charge < -0.3 is 5.73 Å². The molecule has 1 atom stereocenters. The van der Waals surface area contributed by atoms with E-state index in [1.54, 1.807) is 0 Å². The smallest absolute Gasteiger partial charge is 0.203 e. The zero-order valence-corrected chi connectivity index (χ0v) is 7.98. The average Bonchev–Trinajstić information content (AvgIpc) is 2.58. The summed E-state index contributed by atoms with van der Waals surface area (Å²) in [5.74, 6) is 0. The number of nitrogen functional groups attached to an aromatic ring is 1. The SMILES string of the molecule is [CH2][SH]1C=CC=C1c1nnc(N)s1. The van der Waals surface area contributed by atoms with Crippen LogP contribution in [0, 0.1) is 6.26 Å². The highest BCUT2D eigenvalue weighted by atomic mass is 32.2. The topological polar surface area (TPSA) is 51.8 Å². The molecular weight excluding hydrogens is 190 g/mol. The molecule has 2 rings (SSSR count). The molecule has 0 saturated heterocycles. The summed E-state index contributed by atoms with van der Waals surface area (Å²) in [4.78, 5) is 1.17. The Kier molecular flexibility index (Phi) is 1.90. The van der Waals surface area contributed by atoms with E-state index in [-0.39, 0.29) is 0 Å². The van der Waals surface area contributed by atoms with Crippen molar-refractivity contribution in [3.8, 4) is 0 Å². The first kappa shape index (κ1) is 7.82. The summed E-state index contributed by atoms with van der Waals surface area (Å²) in [6.45, 7) is 0. The molecule has 0 fully saturated rings. The zero-order chi connectivity index (χ0) is 8.55. The standard InChI is InChI=1S/C7H8N3S2/c1-12-4-2-3-5(12)6-9-10-7(8)11-6/h2-4,12H,1H2,(H2,8,10). The van der Waals surface area contributed by atoms with Crippen LogP contribution in [-0.4, -0.2) is 10.2 Å². The van der Waals surface area contributed by atoms with Gasteiger partial charge in [0.2, 0.25) is 5.13 Å². The van der Waals surface area contributed by atoms with Gasteiger partial charge in [0.05, 0.1) is 0 Å². The maximum absolute atomic E-state index is 5.48. The van der Waals surface area contributed by atoms with E-state index in [2.05, 4.69) is 21.9 Å². The molecule has 2 N–H and O–H groups in total. The Morgan fingerprint density at radius 2 is 2.33 bits per heavy atom. The van der Waals surface area contributed by atoms with Crippen LogP contribution in [0.3, 0.4) is 0 Å². The van der Waals surface area contributed by atoms with Crippen molar-refractivity contribution in [3.05, 3.63) is 28.8 Å². The Morgan fingerprint density at radius 3 is 2.83 bits per heavy atom. The quantitative estimate of drug-likeness (QED) is 0.676. The molecule has 1 unspecified atom stereocenters. The summed E-state index contributed by atoms with van der Waals surface area (Å²) in [5.41, 5.74) is 5.48. The molecule has 0 saturated carbocycles. The molecule has 0 bridgehead atoms. The van der Waals surface area contributed by atoms with Crippen molar-refractivity contribution in [1.82, 2.24) is 10.2 Å². The van der Waals surface area contributed by atoms with Crippen LogP contribution in [0.5, 0.6) is 0 Å².